The van der Waals surface area contributed by atoms with E-state index in [1.807, 2.05) is 30.3 Å². The zero-order valence-corrected chi connectivity index (χ0v) is 12.4. The van der Waals surface area contributed by atoms with Gasteiger partial charge in [0.1, 0.15) is 5.57 Å². The molecule has 4 heteroatoms. The minimum atomic E-state index is -4.44. The lowest BCUT2D eigenvalue weighted by Crippen LogP contribution is -2.09. The molecule has 0 aliphatic carbocycles. The van der Waals surface area contributed by atoms with E-state index in [2.05, 4.69) is 11.8 Å². The Hall–Kier alpha value is -2.12. The molecule has 2 aromatic carbocycles. The van der Waals surface area contributed by atoms with E-state index in [1.165, 1.54) is 0 Å². The Morgan fingerprint density at radius 1 is 0.955 bits per heavy atom. The van der Waals surface area contributed by atoms with Gasteiger partial charge < -0.3 is 0 Å². The summed E-state index contributed by atoms with van der Waals surface area (Å²) in [6.45, 7) is 0. The second kappa shape index (κ2) is 7.77. The Labute approximate surface area is 132 Å². The van der Waals surface area contributed by atoms with Crippen LogP contribution in [0.5, 0.6) is 0 Å². The van der Waals surface area contributed by atoms with Gasteiger partial charge in [-0.15, -0.1) is 11.8 Å². The van der Waals surface area contributed by atoms with Gasteiger partial charge in [-0.05, 0) is 23.1 Å². The van der Waals surface area contributed by atoms with Crippen molar-refractivity contribution < 1.29 is 13.2 Å². The number of rotatable bonds is 3. The van der Waals surface area contributed by atoms with Crippen molar-refractivity contribution in [1.82, 2.24) is 0 Å². The van der Waals surface area contributed by atoms with Crippen molar-refractivity contribution in [3.05, 3.63) is 82.8 Å². The lowest BCUT2D eigenvalue weighted by atomic mass is 10.2. The molecule has 0 saturated carbocycles. The molecule has 0 fully saturated rings. The fourth-order valence-corrected chi connectivity index (χ4v) is 2.45. The maximum absolute atomic E-state index is 13.0. The molecule has 0 unspecified atom stereocenters. The Morgan fingerprint density at radius 2 is 1.55 bits per heavy atom. The Kier molecular flexibility index (Phi) is 5.74. The number of thioether (sulfide) groups is 1. The summed E-state index contributed by atoms with van der Waals surface area (Å²) in [5.74, 6) is 5.26. The molecule has 2 rings (SSSR count). The van der Waals surface area contributed by atoms with Crippen LogP contribution < -0.4 is 0 Å². The number of halogens is 3. The summed E-state index contributed by atoms with van der Waals surface area (Å²) in [4.78, 5) is 0. The molecule has 0 amide bonds. The molecule has 0 N–H and O–H groups in total. The molecular formula is C18H13F3S. The zero-order chi connectivity index (χ0) is 15.8. The van der Waals surface area contributed by atoms with Crippen molar-refractivity contribution in [2.45, 2.75) is 11.9 Å². The van der Waals surface area contributed by atoms with Crippen LogP contribution in [0.3, 0.4) is 0 Å². The molecule has 0 aromatic heterocycles. The second-order valence-corrected chi connectivity index (χ2v) is 5.30. The molecule has 0 atom stereocenters. The minimum absolute atomic E-state index is 0.480. The summed E-state index contributed by atoms with van der Waals surface area (Å²) >= 11 is 1.09. The van der Waals surface area contributed by atoms with Crippen LogP contribution in [0.25, 0.3) is 0 Å². The van der Waals surface area contributed by atoms with Crippen molar-refractivity contribution >= 4 is 11.8 Å². The van der Waals surface area contributed by atoms with Gasteiger partial charge in [-0.1, -0.05) is 60.4 Å². The van der Waals surface area contributed by atoms with E-state index >= 15 is 0 Å². The summed E-state index contributed by atoms with van der Waals surface area (Å²) in [6, 6.07) is 18.0. The van der Waals surface area contributed by atoms with Crippen molar-refractivity contribution in [2.24, 2.45) is 0 Å². The maximum Gasteiger partial charge on any atom is 0.424 e. The van der Waals surface area contributed by atoms with E-state index < -0.39 is 11.7 Å². The Morgan fingerprint density at radius 3 is 2.14 bits per heavy atom. The molecule has 0 nitrogen and oxygen atoms in total. The van der Waals surface area contributed by atoms with Crippen LogP contribution in [-0.2, 0) is 5.75 Å². The van der Waals surface area contributed by atoms with Gasteiger partial charge in [0.05, 0.1) is 0 Å². The molecule has 0 radical (unpaired) electrons. The SMILES string of the molecule is FC(F)(F)/C(C#Cc1ccccc1)=C/SCc1ccccc1. The number of benzene rings is 2. The van der Waals surface area contributed by atoms with Crippen LogP contribution in [-0.4, -0.2) is 6.18 Å². The minimum Gasteiger partial charge on any atom is -0.165 e. The van der Waals surface area contributed by atoms with Gasteiger partial charge in [0.15, 0.2) is 0 Å². The van der Waals surface area contributed by atoms with Crippen LogP contribution >= 0.6 is 11.8 Å². The fourth-order valence-electron chi connectivity index (χ4n) is 1.62. The lowest BCUT2D eigenvalue weighted by molar-refractivity contribution is -0.0869. The van der Waals surface area contributed by atoms with Crippen molar-refractivity contribution in [3.8, 4) is 11.8 Å². The Bertz CT molecular complexity index is 677. The largest absolute Gasteiger partial charge is 0.424 e. The maximum atomic E-state index is 13.0. The third kappa shape index (κ3) is 5.34. The number of alkyl halides is 3. The number of allylic oxidation sites excluding steroid dienone is 1. The molecule has 0 aliphatic rings. The van der Waals surface area contributed by atoms with Gasteiger partial charge >= 0.3 is 6.18 Å². The standard InChI is InChI=1S/C18H13F3S/c19-18(20,21)17(12-11-15-7-3-1-4-8-15)14-22-13-16-9-5-2-6-10-16/h1-10,14H,13H2/b17-14+. The highest BCUT2D eigenvalue weighted by Crippen LogP contribution is 2.28. The molecule has 0 saturated heterocycles. The van der Waals surface area contributed by atoms with E-state index in [0.717, 1.165) is 22.7 Å². The average Bonchev–Trinajstić information content (AvgIpc) is 2.51. The topological polar surface area (TPSA) is 0 Å². The molecule has 2 aromatic rings. The predicted octanol–water partition coefficient (Wildman–Crippen LogP) is 5.42. The molecule has 0 spiro atoms. The van der Waals surface area contributed by atoms with Crippen LogP contribution in [0, 0.1) is 11.8 Å². The molecule has 0 heterocycles. The van der Waals surface area contributed by atoms with Crippen molar-refractivity contribution in [1.29, 1.82) is 0 Å². The number of hydrogen-bond donors (Lipinski definition) is 0. The van der Waals surface area contributed by atoms with E-state index in [4.69, 9.17) is 0 Å². The normalized spacial score (nSPS) is 11.7. The average molecular weight is 318 g/mol. The van der Waals surface area contributed by atoms with Crippen LogP contribution in [0.15, 0.2) is 71.6 Å². The summed E-state index contributed by atoms with van der Waals surface area (Å²) in [7, 11) is 0. The summed E-state index contributed by atoms with van der Waals surface area (Å²) in [5, 5.41) is 1.09. The molecule has 22 heavy (non-hydrogen) atoms. The van der Waals surface area contributed by atoms with Crippen molar-refractivity contribution in [3.63, 3.8) is 0 Å². The van der Waals surface area contributed by atoms with E-state index in [0.29, 0.717) is 11.3 Å². The quantitative estimate of drug-likeness (QED) is 0.681. The Balaban J connectivity index is 2.10. The first-order valence-corrected chi connectivity index (χ1v) is 7.60. The molecule has 112 valence electrons. The highest BCUT2D eigenvalue weighted by Gasteiger charge is 2.32. The van der Waals surface area contributed by atoms with E-state index in [1.54, 1.807) is 30.3 Å². The molecular weight excluding hydrogens is 305 g/mol. The molecule has 0 aliphatic heterocycles. The highest BCUT2D eigenvalue weighted by atomic mass is 32.2. The monoisotopic (exact) mass is 318 g/mol. The van der Waals surface area contributed by atoms with Crippen molar-refractivity contribution in [2.75, 3.05) is 0 Å². The summed E-state index contributed by atoms with van der Waals surface area (Å²) < 4.78 is 38.9. The zero-order valence-electron chi connectivity index (χ0n) is 11.6. The third-order valence-corrected chi connectivity index (χ3v) is 3.62. The number of hydrogen-bond acceptors (Lipinski definition) is 1. The van der Waals surface area contributed by atoms with E-state index in [9.17, 15) is 13.2 Å². The van der Waals surface area contributed by atoms with Gasteiger partial charge in [0.25, 0.3) is 0 Å². The van der Waals surface area contributed by atoms with Crippen LogP contribution in [0.1, 0.15) is 11.1 Å². The smallest absolute Gasteiger partial charge is 0.165 e. The second-order valence-electron chi connectivity index (χ2n) is 4.44. The predicted molar refractivity (Wildman–Crippen MR) is 85.2 cm³/mol. The summed E-state index contributed by atoms with van der Waals surface area (Å²) in [5.41, 5.74) is 0.712. The highest BCUT2D eigenvalue weighted by molar-refractivity contribution is 8.01. The summed E-state index contributed by atoms with van der Waals surface area (Å²) in [6.07, 6.45) is -4.44. The first kappa shape index (κ1) is 16.3. The first-order chi connectivity index (χ1) is 10.6. The fraction of sp³-hybridized carbons (Fsp3) is 0.111. The van der Waals surface area contributed by atoms with Gasteiger partial charge in [-0.3, -0.25) is 0 Å². The third-order valence-electron chi connectivity index (χ3n) is 2.71. The van der Waals surface area contributed by atoms with Gasteiger partial charge in [-0.2, -0.15) is 13.2 Å². The van der Waals surface area contributed by atoms with Gasteiger partial charge in [0.2, 0.25) is 0 Å². The van der Waals surface area contributed by atoms with E-state index in [-0.39, 0.29) is 0 Å². The van der Waals surface area contributed by atoms with Crippen LogP contribution in [0.2, 0.25) is 0 Å². The van der Waals surface area contributed by atoms with Gasteiger partial charge in [-0.25, -0.2) is 0 Å². The molecule has 0 bridgehead atoms. The van der Waals surface area contributed by atoms with Gasteiger partial charge in [0, 0.05) is 11.3 Å². The van der Waals surface area contributed by atoms with Crippen LogP contribution in [0.4, 0.5) is 13.2 Å². The lowest BCUT2D eigenvalue weighted by Gasteiger charge is -2.05. The first-order valence-electron chi connectivity index (χ1n) is 6.55.